The number of benzene rings is 1. The molecule has 1 atom stereocenters. The molecule has 0 amide bonds. The zero-order valence-corrected chi connectivity index (χ0v) is 12.8. The highest BCUT2D eigenvalue weighted by Gasteiger charge is 2.28. The van der Waals surface area contributed by atoms with E-state index < -0.39 is 9.84 Å². The van der Waals surface area contributed by atoms with E-state index in [4.69, 9.17) is 16.3 Å². The molecule has 0 saturated carbocycles. The van der Waals surface area contributed by atoms with Crippen molar-refractivity contribution < 1.29 is 13.2 Å². The SMILES string of the molecule is O=S1(=O)CCC(COc2cc(Cl)cc(-c3cn[nH]c3)c2)C1. The molecule has 1 unspecified atom stereocenters. The molecule has 1 aromatic heterocycles. The van der Waals surface area contributed by atoms with Gasteiger partial charge in [-0.05, 0) is 30.2 Å². The number of aromatic nitrogens is 2. The molecule has 1 fully saturated rings. The highest BCUT2D eigenvalue weighted by molar-refractivity contribution is 7.91. The molecule has 2 aromatic rings. The molecule has 5 nitrogen and oxygen atoms in total. The number of ether oxygens (including phenoxy) is 1. The Morgan fingerprint density at radius 2 is 2.19 bits per heavy atom. The van der Waals surface area contributed by atoms with Gasteiger partial charge in [0, 0.05) is 22.7 Å². The Bertz CT molecular complexity index is 729. The molecule has 21 heavy (non-hydrogen) atoms. The van der Waals surface area contributed by atoms with Crippen LogP contribution < -0.4 is 4.74 Å². The molecule has 1 aliphatic heterocycles. The van der Waals surface area contributed by atoms with Crippen molar-refractivity contribution in [3.63, 3.8) is 0 Å². The largest absolute Gasteiger partial charge is 0.493 e. The van der Waals surface area contributed by atoms with Gasteiger partial charge in [-0.1, -0.05) is 11.6 Å². The summed E-state index contributed by atoms with van der Waals surface area (Å²) in [6.07, 6.45) is 4.15. The lowest BCUT2D eigenvalue weighted by Gasteiger charge is -2.12. The van der Waals surface area contributed by atoms with Gasteiger partial charge >= 0.3 is 0 Å². The van der Waals surface area contributed by atoms with Gasteiger partial charge in [-0.25, -0.2) is 8.42 Å². The second kappa shape index (κ2) is 5.69. The highest BCUT2D eigenvalue weighted by Crippen LogP contribution is 2.29. The maximum absolute atomic E-state index is 11.4. The number of hydrogen-bond acceptors (Lipinski definition) is 4. The fourth-order valence-electron chi connectivity index (χ4n) is 2.44. The maximum Gasteiger partial charge on any atom is 0.150 e. The monoisotopic (exact) mass is 326 g/mol. The molecule has 1 aromatic carbocycles. The van der Waals surface area contributed by atoms with Crippen LogP contribution in [0.5, 0.6) is 5.75 Å². The number of H-pyrrole nitrogens is 1. The van der Waals surface area contributed by atoms with Crippen LogP contribution in [0.25, 0.3) is 11.1 Å². The van der Waals surface area contributed by atoms with Crippen molar-refractivity contribution in [2.24, 2.45) is 5.92 Å². The average Bonchev–Trinajstić information content (AvgIpc) is 3.05. The van der Waals surface area contributed by atoms with Crippen molar-refractivity contribution >= 4 is 21.4 Å². The van der Waals surface area contributed by atoms with Crippen molar-refractivity contribution in [3.8, 4) is 16.9 Å². The molecular formula is C14H15ClN2O3S. The number of sulfone groups is 1. The van der Waals surface area contributed by atoms with E-state index in [1.165, 1.54) is 0 Å². The summed E-state index contributed by atoms with van der Waals surface area (Å²) in [4.78, 5) is 0. The Labute approximate surface area is 128 Å². The molecule has 1 N–H and O–H groups in total. The van der Waals surface area contributed by atoms with E-state index >= 15 is 0 Å². The lowest BCUT2D eigenvalue weighted by molar-refractivity contribution is 0.263. The summed E-state index contributed by atoms with van der Waals surface area (Å²) >= 11 is 6.10. The van der Waals surface area contributed by atoms with Crippen LogP contribution in [0.2, 0.25) is 5.02 Å². The minimum atomic E-state index is -2.87. The lowest BCUT2D eigenvalue weighted by Crippen LogP contribution is -2.13. The second-order valence-corrected chi connectivity index (χ2v) is 7.91. The van der Waals surface area contributed by atoms with Gasteiger partial charge in [0.1, 0.15) is 5.75 Å². The van der Waals surface area contributed by atoms with Crippen LogP contribution in [-0.2, 0) is 9.84 Å². The molecule has 112 valence electrons. The second-order valence-electron chi connectivity index (χ2n) is 5.24. The molecule has 2 heterocycles. The Kier molecular flexibility index (Phi) is 3.91. The quantitative estimate of drug-likeness (QED) is 0.937. The van der Waals surface area contributed by atoms with Crippen LogP contribution >= 0.6 is 11.6 Å². The van der Waals surface area contributed by atoms with Crippen LogP contribution in [0.4, 0.5) is 0 Å². The number of halogens is 1. The first-order chi connectivity index (χ1) is 10.0. The Morgan fingerprint density at radius 1 is 1.33 bits per heavy atom. The zero-order valence-electron chi connectivity index (χ0n) is 11.3. The van der Waals surface area contributed by atoms with Crippen LogP contribution in [0.1, 0.15) is 6.42 Å². The third kappa shape index (κ3) is 3.57. The van der Waals surface area contributed by atoms with Gasteiger partial charge in [-0.15, -0.1) is 0 Å². The van der Waals surface area contributed by atoms with Gasteiger partial charge < -0.3 is 4.74 Å². The first kappa shape index (κ1) is 14.4. The molecule has 0 bridgehead atoms. The number of hydrogen-bond donors (Lipinski definition) is 1. The fraction of sp³-hybridized carbons (Fsp3) is 0.357. The van der Waals surface area contributed by atoms with Crippen molar-refractivity contribution in [1.29, 1.82) is 0 Å². The van der Waals surface area contributed by atoms with Crippen LogP contribution in [0.3, 0.4) is 0 Å². The van der Waals surface area contributed by atoms with Crippen molar-refractivity contribution in [1.82, 2.24) is 10.2 Å². The van der Waals surface area contributed by atoms with Gasteiger partial charge in [-0.2, -0.15) is 5.10 Å². The maximum atomic E-state index is 11.4. The van der Waals surface area contributed by atoms with E-state index in [1.54, 1.807) is 18.5 Å². The number of nitrogens with one attached hydrogen (secondary N) is 1. The molecule has 1 saturated heterocycles. The van der Waals surface area contributed by atoms with Gasteiger partial charge in [0.15, 0.2) is 9.84 Å². The molecule has 0 aliphatic carbocycles. The third-order valence-corrected chi connectivity index (χ3v) is 5.57. The summed E-state index contributed by atoms with van der Waals surface area (Å²) in [6.45, 7) is 0.393. The summed E-state index contributed by atoms with van der Waals surface area (Å²) in [7, 11) is -2.87. The Morgan fingerprint density at radius 3 is 2.86 bits per heavy atom. The molecule has 1 aliphatic rings. The molecule has 0 spiro atoms. The smallest absolute Gasteiger partial charge is 0.150 e. The van der Waals surface area contributed by atoms with Crippen LogP contribution in [0.15, 0.2) is 30.6 Å². The summed E-state index contributed by atoms with van der Waals surface area (Å²) in [5.41, 5.74) is 1.83. The number of nitrogens with zero attached hydrogens (tertiary/aromatic N) is 1. The molecule has 7 heteroatoms. The topological polar surface area (TPSA) is 72.1 Å². The summed E-state index contributed by atoms with van der Waals surface area (Å²) in [5, 5.41) is 7.23. The normalized spacial score (nSPS) is 20.5. The van der Waals surface area contributed by atoms with Gasteiger partial charge in [-0.3, -0.25) is 5.10 Å². The fourth-order valence-corrected chi connectivity index (χ4v) is 4.50. The van der Waals surface area contributed by atoms with Crippen molar-refractivity contribution in [3.05, 3.63) is 35.6 Å². The minimum absolute atomic E-state index is 0.0614. The zero-order chi connectivity index (χ0) is 14.9. The average molecular weight is 327 g/mol. The first-order valence-corrected chi connectivity index (χ1v) is 8.85. The van der Waals surface area contributed by atoms with E-state index in [2.05, 4.69) is 10.2 Å². The molecule has 0 radical (unpaired) electrons. The van der Waals surface area contributed by atoms with Crippen molar-refractivity contribution in [2.45, 2.75) is 6.42 Å². The number of rotatable bonds is 4. The first-order valence-electron chi connectivity index (χ1n) is 6.65. The standard InChI is InChI=1S/C14H15ClN2O3S/c15-13-3-11(12-6-16-17-7-12)4-14(5-13)20-8-10-1-2-21(18,19)9-10/h3-7,10H,1-2,8-9H2,(H,16,17). The number of aromatic amines is 1. The van der Waals surface area contributed by atoms with Crippen LogP contribution in [0, 0.1) is 5.92 Å². The van der Waals surface area contributed by atoms with E-state index in [0.717, 1.165) is 11.1 Å². The van der Waals surface area contributed by atoms with E-state index in [-0.39, 0.29) is 17.4 Å². The van der Waals surface area contributed by atoms with Crippen molar-refractivity contribution in [2.75, 3.05) is 18.1 Å². The predicted octanol–water partition coefficient (Wildman–Crippen LogP) is 2.54. The van der Waals surface area contributed by atoms with Crippen LogP contribution in [-0.4, -0.2) is 36.7 Å². The van der Waals surface area contributed by atoms with E-state index in [0.29, 0.717) is 23.8 Å². The summed E-state index contributed by atoms with van der Waals surface area (Å²) < 4.78 is 28.6. The Balaban J connectivity index is 1.71. The summed E-state index contributed by atoms with van der Waals surface area (Å²) in [5.74, 6) is 1.17. The Hall–Kier alpha value is -1.53. The molecule has 3 rings (SSSR count). The van der Waals surface area contributed by atoms with E-state index in [1.807, 2.05) is 12.1 Å². The highest BCUT2D eigenvalue weighted by atomic mass is 35.5. The third-order valence-electron chi connectivity index (χ3n) is 3.52. The van der Waals surface area contributed by atoms with Gasteiger partial charge in [0.25, 0.3) is 0 Å². The minimum Gasteiger partial charge on any atom is -0.493 e. The molecular weight excluding hydrogens is 312 g/mol. The lowest BCUT2D eigenvalue weighted by atomic mass is 10.1. The van der Waals surface area contributed by atoms with Gasteiger partial charge in [0.2, 0.25) is 0 Å². The predicted molar refractivity (Wildman–Crippen MR) is 81.3 cm³/mol. The van der Waals surface area contributed by atoms with Gasteiger partial charge in [0.05, 0.1) is 24.3 Å². The van der Waals surface area contributed by atoms with E-state index in [9.17, 15) is 8.42 Å². The summed E-state index contributed by atoms with van der Waals surface area (Å²) in [6, 6.07) is 5.44.